The summed E-state index contributed by atoms with van der Waals surface area (Å²) < 4.78 is 5.19. The number of ketones is 1. The Morgan fingerprint density at radius 1 is 1.29 bits per heavy atom. The van der Waals surface area contributed by atoms with Crippen LogP contribution in [0.2, 0.25) is 25.7 Å². The van der Waals surface area contributed by atoms with Crippen molar-refractivity contribution < 1.29 is 19.4 Å². The fourth-order valence-corrected chi connectivity index (χ4v) is 3.71. The molecule has 0 aromatic heterocycles. The Hall–Kier alpha value is -0.943. The second-order valence-electron chi connectivity index (χ2n) is 7.03. The topological polar surface area (TPSA) is 63.6 Å². The lowest BCUT2D eigenvalue weighted by Gasteiger charge is -2.23. The second kappa shape index (κ2) is 9.15. The zero-order chi connectivity index (χ0) is 16.6. The number of esters is 1. The van der Waals surface area contributed by atoms with Crippen molar-refractivity contribution in [3.63, 3.8) is 0 Å². The van der Waals surface area contributed by atoms with Gasteiger partial charge in [-0.1, -0.05) is 33.1 Å². The number of rotatable bonds is 10. The number of ether oxygens (including phenoxy) is 1. The van der Waals surface area contributed by atoms with Crippen LogP contribution in [0.1, 0.15) is 33.1 Å². The van der Waals surface area contributed by atoms with Crippen LogP contribution in [-0.4, -0.2) is 37.6 Å². The Bertz CT molecular complexity index is 371. The SMILES string of the molecule is C=C(C[Si](C)(C)C)C(OC(C)=O)C(=O)CCC[C@@H](C)CO. The molecule has 0 aliphatic carbocycles. The fraction of sp³-hybridized carbons (Fsp3) is 0.750. The van der Waals surface area contributed by atoms with Crippen molar-refractivity contribution in [2.75, 3.05) is 6.61 Å². The summed E-state index contributed by atoms with van der Waals surface area (Å²) in [6, 6.07) is 0.768. The highest BCUT2D eigenvalue weighted by molar-refractivity contribution is 6.76. The molecule has 0 rings (SSSR count). The minimum absolute atomic E-state index is 0.0846. The third kappa shape index (κ3) is 9.58. The van der Waals surface area contributed by atoms with Crippen molar-refractivity contribution in [2.45, 2.75) is 64.9 Å². The van der Waals surface area contributed by atoms with Crippen LogP contribution >= 0.6 is 0 Å². The molecule has 122 valence electrons. The normalized spacial score (nSPS) is 14.4. The lowest BCUT2D eigenvalue weighted by atomic mass is 9.99. The van der Waals surface area contributed by atoms with E-state index in [0.29, 0.717) is 18.4 Å². The molecular formula is C16H30O4Si. The van der Waals surface area contributed by atoms with Gasteiger partial charge in [-0.15, -0.1) is 0 Å². The molecule has 5 heteroatoms. The molecule has 0 aromatic rings. The van der Waals surface area contributed by atoms with E-state index >= 15 is 0 Å². The van der Waals surface area contributed by atoms with E-state index in [-0.39, 0.29) is 18.3 Å². The van der Waals surface area contributed by atoms with Crippen molar-refractivity contribution in [1.29, 1.82) is 0 Å². The molecule has 1 unspecified atom stereocenters. The maximum absolute atomic E-state index is 12.3. The van der Waals surface area contributed by atoms with Crippen LogP contribution in [0, 0.1) is 5.92 Å². The maximum Gasteiger partial charge on any atom is 0.303 e. The minimum Gasteiger partial charge on any atom is -0.450 e. The molecule has 0 spiro atoms. The molecule has 0 saturated heterocycles. The van der Waals surface area contributed by atoms with Gasteiger partial charge in [-0.2, -0.15) is 0 Å². The third-order valence-corrected chi connectivity index (χ3v) is 4.65. The quantitative estimate of drug-likeness (QED) is 0.382. The molecule has 0 aromatic carbocycles. The Morgan fingerprint density at radius 2 is 1.86 bits per heavy atom. The number of Topliss-reactive ketones (excluding diaryl/α,β-unsaturated/α-hetero) is 1. The number of hydrogen-bond acceptors (Lipinski definition) is 4. The predicted octanol–water partition coefficient (Wildman–Crippen LogP) is 3.18. The molecule has 0 amide bonds. The lowest BCUT2D eigenvalue weighted by Crippen LogP contribution is -2.32. The standard InChI is InChI=1S/C16H30O4Si/c1-12(10-17)8-7-9-15(19)16(20-14(3)18)13(2)11-21(4,5)6/h12,16-17H,2,7-11H2,1,3-6H3/t12-,16?/m1/s1. The summed E-state index contributed by atoms with van der Waals surface area (Å²) in [5.74, 6) is -0.345. The summed E-state index contributed by atoms with van der Waals surface area (Å²) in [5, 5.41) is 8.98. The van der Waals surface area contributed by atoms with E-state index in [0.717, 1.165) is 12.5 Å². The molecule has 0 aliphatic rings. The van der Waals surface area contributed by atoms with Crippen LogP contribution in [0.15, 0.2) is 12.2 Å². The first-order valence-corrected chi connectivity index (χ1v) is 11.3. The van der Waals surface area contributed by atoms with Gasteiger partial charge in [0.1, 0.15) is 0 Å². The van der Waals surface area contributed by atoms with E-state index in [1.807, 2.05) is 6.92 Å². The Labute approximate surface area is 129 Å². The maximum atomic E-state index is 12.3. The molecule has 0 fully saturated rings. The summed E-state index contributed by atoms with van der Waals surface area (Å²) in [4.78, 5) is 23.5. The van der Waals surface area contributed by atoms with E-state index in [2.05, 4.69) is 26.2 Å². The summed E-state index contributed by atoms with van der Waals surface area (Å²) in [7, 11) is -1.41. The van der Waals surface area contributed by atoms with E-state index in [4.69, 9.17) is 9.84 Å². The molecule has 0 bridgehead atoms. The highest BCUT2D eigenvalue weighted by Gasteiger charge is 2.27. The smallest absolute Gasteiger partial charge is 0.303 e. The van der Waals surface area contributed by atoms with Crippen molar-refractivity contribution in [2.24, 2.45) is 5.92 Å². The number of carbonyl (C=O) groups is 2. The summed E-state index contributed by atoms with van der Waals surface area (Å²) in [6.45, 7) is 13.9. The number of carbonyl (C=O) groups excluding carboxylic acids is 2. The summed E-state index contributed by atoms with van der Waals surface area (Å²) in [5.41, 5.74) is 0.713. The van der Waals surface area contributed by atoms with Gasteiger partial charge >= 0.3 is 5.97 Å². The molecule has 1 N–H and O–H groups in total. The van der Waals surface area contributed by atoms with Crippen molar-refractivity contribution >= 4 is 19.8 Å². The van der Waals surface area contributed by atoms with Gasteiger partial charge in [0.15, 0.2) is 11.9 Å². The molecule has 0 saturated carbocycles. The molecule has 0 aliphatic heterocycles. The van der Waals surface area contributed by atoms with Gasteiger partial charge in [-0.25, -0.2) is 0 Å². The van der Waals surface area contributed by atoms with Gasteiger partial charge in [-0.3, -0.25) is 9.59 Å². The number of hydrogen-bond donors (Lipinski definition) is 1. The van der Waals surface area contributed by atoms with E-state index in [1.54, 1.807) is 0 Å². The zero-order valence-corrected chi connectivity index (χ0v) is 15.1. The van der Waals surface area contributed by atoms with E-state index in [9.17, 15) is 9.59 Å². The summed E-state index contributed by atoms with van der Waals surface area (Å²) >= 11 is 0. The zero-order valence-electron chi connectivity index (χ0n) is 14.1. The van der Waals surface area contributed by atoms with Gasteiger partial charge in [-0.05, 0) is 30.4 Å². The second-order valence-corrected chi connectivity index (χ2v) is 12.5. The molecule has 21 heavy (non-hydrogen) atoms. The molecule has 2 atom stereocenters. The van der Waals surface area contributed by atoms with Crippen LogP contribution in [0.4, 0.5) is 0 Å². The minimum atomic E-state index is -1.41. The average Bonchev–Trinajstić information content (AvgIpc) is 2.32. The van der Waals surface area contributed by atoms with Crippen LogP contribution in [-0.2, 0) is 14.3 Å². The number of aliphatic hydroxyl groups is 1. The van der Waals surface area contributed by atoms with Crippen LogP contribution in [0.25, 0.3) is 0 Å². The van der Waals surface area contributed by atoms with Crippen LogP contribution in [0.3, 0.4) is 0 Å². The number of aliphatic hydroxyl groups excluding tert-OH is 1. The van der Waals surface area contributed by atoms with Crippen LogP contribution < -0.4 is 0 Å². The Balaban J connectivity index is 4.63. The predicted molar refractivity (Wildman–Crippen MR) is 88.0 cm³/mol. The average molecular weight is 314 g/mol. The van der Waals surface area contributed by atoms with Crippen molar-refractivity contribution in [1.82, 2.24) is 0 Å². The Kier molecular flexibility index (Phi) is 8.74. The molecule has 0 radical (unpaired) electrons. The highest BCUT2D eigenvalue weighted by atomic mass is 28.3. The Morgan fingerprint density at radius 3 is 2.29 bits per heavy atom. The van der Waals surface area contributed by atoms with Crippen molar-refractivity contribution in [3.8, 4) is 0 Å². The van der Waals surface area contributed by atoms with Gasteiger partial charge < -0.3 is 9.84 Å². The van der Waals surface area contributed by atoms with Gasteiger partial charge in [0.05, 0.1) is 0 Å². The summed E-state index contributed by atoms with van der Waals surface area (Å²) in [6.07, 6.45) is 1.03. The third-order valence-electron chi connectivity index (χ3n) is 3.14. The van der Waals surface area contributed by atoms with Crippen LogP contribution in [0.5, 0.6) is 0 Å². The molecular weight excluding hydrogens is 284 g/mol. The van der Waals surface area contributed by atoms with E-state index in [1.165, 1.54) is 6.92 Å². The first-order valence-electron chi connectivity index (χ1n) is 7.55. The van der Waals surface area contributed by atoms with Gasteiger partial charge in [0.25, 0.3) is 0 Å². The van der Waals surface area contributed by atoms with Gasteiger partial charge in [0, 0.05) is 28.0 Å². The molecule has 4 nitrogen and oxygen atoms in total. The first kappa shape index (κ1) is 20.1. The monoisotopic (exact) mass is 314 g/mol. The lowest BCUT2D eigenvalue weighted by molar-refractivity contribution is -0.150. The van der Waals surface area contributed by atoms with E-state index < -0.39 is 20.1 Å². The van der Waals surface area contributed by atoms with Gasteiger partial charge in [0.2, 0.25) is 0 Å². The first-order chi connectivity index (χ1) is 9.56. The highest BCUT2D eigenvalue weighted by Crippen LogP contribution is 2.22. The fourth-order valence-electron chi connectivity index (χ4n) is 2.16. The largest absolute Gasteiger partial charge is 0.450 e. The van der Waals surface area contributed by atoms with Crippen molar-refractivity contribution in [3.05, 3.63) is 12.2 Å². The molecule has 0 heterocycles.